The zero-order valence-corrected chi connectivity index (χ0v) is 14.7. The Morgan fingerprint density at radius 1 is 1.12 bits per heavy atom. The van der Waals surface area contributed by atoms with Crippen molar-refractivity contribution in [2.45, 2.75) is 47.0 Å². The molecule has 0 nitrogen and oxygen atoms in total. The van der Waals surface area contributed by atoms with E-state index in [0.717, 1.165) is 5.56 Å². The Labute approximate surface area is 121 Å². The van der Waals surface area contributed by atoms with Gasteiger partial charge in [-0.05, 0) is 5.41 Å². The van der Waals surface area contributed by atoms with E-state index < -0.39 is 0 Å². The van der Waals surface area contributed by atoms with Gasteiger partial charge in [0, 0.05) is 0 Å². The van der Waals surface area contributed by atoms with E-state index in [4.69, 9.17) is 0 Å². The first kappa shape index (κ1) is 16.6. The summed E-state index contributed by atoms with van der Waals surface area (Å²) < 4.78 is 0. The van der Waals surface area contributed by atoms with Gasteiger partial charge in [0.2, 0.25) is 0 Å². The Balaban J connectivity index is 0.00000256. The fraction of sp³-hybridized carbons (Fsp3) is 0.500. The van der Waals surface area contributed by atoms with Crippen LogP contribution in [0.5, 0.6) is 0 Å². The quantitative estimate of drug-likeness (QED) is 0.605. The van der Waals surface area contributed by atoms with E-state index in [1.807, 2.05) is 12.1 Å². The zero-order valence-electron chi connectivity index (χ0n) is 11.7. The third-order valence-electron chi connectivity index (χ3n) is 2.35. The number of benzene rings is 1. The minimum atomic E-state index is 0. The van der Waals surface area contributed by atoms with Crippen molar-refractivity contribution in [2.24, 2.45) is 5.41 Å². The van der Waals surface area contributed by atoms with Crippen molar-refractivity contribution in [3.05, 3.63) is 41.5 Å². The van der Waals surface area contributed by atoms with Crippen molar-refractivity contribution in [1.82, 2.24) is 0 Å². The summed E-state index contributed by atoms with van der Waals surface area (Å²) in [5, 5.41) is 0. The Morgan fingerprint density at radius 2 is 1.71 bits per heavy atom. The molecule has 17 heavy (non-hydrogen) atoms. The summed E-state index contributed by atoms with van der Waals surface area (Å²) in [5.74, 6) is 0. The fourth-order valence-electron chi connectivity index (χ4n) is 1.33. The molecule has 0 saturated carbocycles. The Morgan fingerprint density at radius 3 is 2.18 bits per heavy atom. The van der Waals surface area contributed by atoms with E-state index in [1.54, 1.807) is 0 Å². The van der Waals surface area contributed by atoms with Gasteiger partial charge in [-0.2, -0.15) is 6.07 Å². The smallest absolute Gasteiger partial charge is 0.321 e. The van der Waals surface area contributed by atoms with Crippen molar-refractivity contribution in [2.75, 3.05) is 0 Å². The molecule has 92 valence electrons. The van der Waals surface area contributed by atoms with Crippen LogP contribution in [0.2, 0.25) is 0 Å². The predicted octanol–water partition coefficient (Wildman–Crippen LogP) is 4.64. The van der Waals surface area contributed by atoms with E-state index in [0.29, 0.717) is 0 Å². The Bertz CT molecular complexity index is 375. The number of hydrogen-bond donors (Lipinski definition) is 0. The van der Waals surface area contributed by atoms with Gasteiger partial charge >= 0.3 is 21.1 Å². The topological polar surface area (TPSA) is 0 Å². The number of rotatable bonds is 1. The van der Waals surface area contributed by atoms with Crippen LogP contribution in [0.4, 0.5) is 0 Å². The normalized spacial score (nSPS) is 12.6. The maximum atomic E-state index is 3.36. The molecule has 1 heteroatoms. The SMILES string of the molecule is CC(C)(C)[C-]=Cc1[c-]ccc(C(C)(C)C)c1.[W+2]. The first-order valence-electron chi connectivity index (χ1n) is 5.82. The average molecular weight is 398 g/mol. The van der Waals surface area contributed by atoms with Gasteiger partial charge in [-0.15, -0.1) is 17.0 Å². The third kappa shape index (κ3) is 6.22. The second-order valence-electron chi connectivity index (χ2n) is 6.32. The van der Waals surface area contributed by atoms with Crippen LogP contribution in [0.15, 0.2) is 18.2 Å². The molecule has 0 bridgehead atoms. The number of hydrogen-bond acceptors (Lipinski definition) is 0. The summed E-state index contributed by atoms with van der Waals surface area (Å²) in [6.07, 6.45) is 5.40. The van der Waals surface area contributed by atoms with Gasteiger partial charge in [0.15, 0.2) is 0 Å². The van der Waals surface area contributed by atoms with Crippen LogP contribution >= 0.6 is 0 Å². The molecule has 0 heterocycles. The van der Waals surface area contributed by atoms with Gasteiger partial charge < -0.3 is 17.7 Å². The van der Waals surface area contributed by atoms with Crippen molar-refractivity contribution in [3.63, 3.8) is 0 Å². The maximum absolute atomic E-state index is 3.36. The summed E-state index contributed by atoms with van der Waals surface area (Å²) in [6.45, 7) is 13.1. The van der Waals surface area contributed by atoms with E-state index in [-0.39, 0.29) is 31.9 Å². The molecule has 0 aromatic heterocycles. The molecule has 0 unspecified atom stereocenters. The van der Waals surface area contributed by atoms with Crippen LogP contribution in [0.1, 0.15) is 52.7 Å². The second kappa shape index (κ2) is 6.00. The molecule has 0 radical (unpaired) electrons. The molecule has 0 aliphatic heterocycles. The summed E-state index contributed by atoms with van der Waals surface area (Å²) in [5.41, 5.74) is 2.75. The second-order valence-corrected chi connectivity index (χ2v) is 6.32. The van der Waals surface area contributed by atoms with Gasteiger partial charge in [0.05, 0.1) is 0 Å². The molecular formula is C16H22W. The van der Waals surface area contributed by atoms with E-state index >= 15 is 0 Å². The predicted molar refractivity (Wildman–Crippen MR) is 71.1 cm³/mol. The first-order chi connectivity index (χ1) is 7.18. The van der Waals surface area contributed by atoms with Crippen molar-refractivity contribution in [3.8, 4) is 0 Å². The maximum Gasteiger partial charge on any atom is 2.00 e. The molecule has 0 N–H and O–H groups in total. The van der Waals surface area contributed by atoms with Crippen LogP contribution in [0, 0.1) is 17.6 Å². The van der Waals surface area contributed by atoms with E-state index in [1.165, 1.54) is 5.56 Å². The summed E-state index contributed by atoms with van der Waals surface area (Å²) in [6, 6.07) is 9.56. The third-order valence-corrected chi connectivity index (χ3v) is 2.35. The van der Waals surface area contributed by atoms with Crippen LogP contribution < -0.4 is 0 Å². The van der Waals surface area contributed by atoms with E-state index in [2.05, 4.69) is 65.8 Å². The average Bonchev–Trinajstić information content (AvgIpc) is 2.13. The van der Waals surface area contributed by atoms with E-state index in [9.17, 15) is 0 Å². The molecule has 0 spiro atoms. The molecule has 0 amide bonds. The fourth-order valence-corrected chi connectivity index (χ4v) is 1.33. The minimum Gasteiger partial charge on any atom is -0.321 e. The Kier molecular flexibility index (Phi) is 5.88. The first-order valence-corrected chi connectivity index (χ1v) is 5.82. The number of allylic oxidation sites excluding steroid dienone is 1. The van der Waals surface area contributed by atoms with Gasteiger partial charge in [0.1, 0.15) is 0 Å². The van der Waals surface area contributed by atoms with Gasteiger partial charge in [-0.1, -0.05) is 41.5 Å². The van der Waals surface area contributed by atoms with Crippen LogP contribution in [-0.2, 0) is 26.5 Å². The molecule has 1 rings (SSSR count). The van der Waals surface area contributed by atoms with Crippen molar-refractivity contribution in [1.29, 1.82) is 0 Å². The molecule has 0 atom stereocenters. The van der Waals surface area contributed by atoms with Gasteiger partial charge in [-0.25, -0.2) is 12.1 Å². The Hall–Kier alpha value is -0.352. The molecule has 1 aromatic rings. The molecule has 0 aliphatic carbocycles. The van der Waals surface area contributed by atoms with Crippen LogP contribution in [0.25, 0.3) is 6.08 Å². The molecular weight excluding hydrogens is 376 g/mol. The summed E-state index contributed by atoms with van der Waals surface area (Å²) in [7, 11) is 0. The molecule has 0 aliphatic rings. The van der Waals surface area contributed by atoms with Crippen molar-refractivity contribution < 1.29 is 21.1 Å². The van der Waals surface area contributed by atoms with Crippen LogP contribution in [-0.4, -0.2) is 0 Å². The summed E-state index contributed by atoms with van der Waals surface area (Å²) >= 11 is 0. The zero-order chi connectivity index (χ0) is 12.4. The standard InChI is InChI=1S/C16H22.W/c1-15(2,3)11-10-13-8-7-9-14(12-13)16(4,5)6;/h7,9-10,12H,1-6H3;/q-2;+2. The van der Waals surface area contributed by atoms with Crippen LogP contribution in [0.3, 0.4) is 0 Å². The largest absolute Gasteiger partial charge is 2.00 e. The van der Waals surface area contributed by atoms with Gasteiger partial charge in [0.25, 0.3) is 0 Å². The monoisotopic (exact) mass is 398 g/mol. The minimum absolute atomic E-state index is 0. The summed E-state index contributed by atoms with van der Waals surface area (Å²) in [4.78, 5) is 0. The molecule has 0 fully saturated rings. The molecule has 1 aromatic carbocycles. The van der Waals surface area contributed by atoms with Gasteiger partial charge in [-0.3, -0.25) is 0 Å². The van der Waals surface area contributed by atoms with Crippen molar-refractivity contribution >= 4 is 6.08 Å². The molecule has 0 saturated heterocycles.